The van der Waals surface area contributed by atoms with Crippen molar-refractivity contribution in [2.24, 2.45) is 5.92 Å². The van der Waals surface area contributed by atoms with Crippen LogP contribution >= 0.6 is 11.3 Å². The number of hydrogen-bond acceptors (Lipinski definition) is 3. The van der Waals surface area contributed by atoms with Crippen LogP contribution in [-0.2, 0) is 0 Å². The highest BCUT2D eigenvalue weighted by Gasteiger charge is 2.34. The predicted molar refractivity (Wildman–Crippen MR) is 81.9 cm³/mol. The molecule has 2 rings (SSSR count). The van der Waals surface area contributed by atoms with E-state index in [-0.39, 0.29) is 12.1 Å². The number of hydrogen-bond donors (Lipinski definition) is 3. The van der Waals surface area contributed by atoms with Crippen molar-refractivity contribution in [2.45, 2.75) is 51.2 Å². The molecule has 0 aromatic carbocycles. The summed E-state index contributed by atoms with van der Waals surface area (Å²) in [6.07, 6.45) is 3.53. The fourth-order valence-corrected chi connectivity index (χ4v) is 3.21. The molecule has 1 unspecified atom stereocenters. The Hall–Kier alpha value is -1.07. The van der Waals surface area contributed by atoms with Crippen molar-refractivity contribution in [1.82, 2.24) is 10.6 Å². The van der Waals surface area contributed by atoms with Crippen LogP contribution in [0.5, 0.6) is 0 Å². The van der Waals surface area contributed by atoms with Crippen molar-refractivity contribution >= 4 is 17.4 Å². The Balaban J connectivity index is 1.85. The van der Waals surface area contributed by atoms with Gasteiger partial charge in [0.25, 0.3) is 0 Å². The SMILES string of the molecule is CC(C)CC(NC(=O)NCC1(O)CCC1)c1cccs1. The first-order chi connectivity index (χ1) is 9.48. The molecule has 3 N–H and O–H groups in total. The number of aliphatic hydroxyl groups is 1. The summed E-state index contributed by atoms with van der Waals surface area (Å²) in [7, 11) is 0. The van der Waals surface area contributed by atoms with Gasteiger partial charge in [-0.3, -0.25) is 0 Å². The minimum Gasteiger partial charge on any atom is -0.388 e. The molecule has 0 saturated heterocycles. The van der Waals surface area contributed by atoms with Crippen molar-refractivity contribution in [3.63, 3.8) is 0 Å². The van der Waals surface area contributed by atoms with E-state index in [4.69, 9.17) is 0 Å². The van der Waals surface area contributed by atoms with Crippen molar-refractivity contribution < 1.29 is 9.90 Å². The Bertz CT molecular complexity index is 427. The van der Waals surface area contributed by atoms with Crippen LogP contribution in [-0.4, -0.2) is 23.3 Å². The van der Waals surface area contributed by atoms with Gasteiger partial charge in [-0.25, -0.2) is 4.79 Å². The normalized spacial score (nSPS) is 18.4. The molecule has 1 fully saturated rings. The fourth-order valence-electron chi connectivity index (χ4n) is 2.42. The van der Waals surface area contributed by atoms with E-state index >= 15 is 0 Å². The summed E-state index contributed by atoms with van der Waals surface area (Å²) in [4.78, 5) is 13.2. The van der Waals surface area contributed by atoms with Crippen LogP contribution in [0.1, 0.15) is 50.4 Å². The number of urea groups is 1. The monoisotopic (exact) mass is 296 g/mol. The molecular weight excluding hydrogens is 272 g/mol. The standard InChI is InChI=1S/C15H24N2O2S/c1-11(2)9-12(13-5-3-8-20-13)17-14(18)16-10-15(19)6-4-7-15/h3,5,8,11-12,19H,4,6-7,9-10H2,1-2H3,(H2,16,17,18). The molecule has 4 nitrogen and oxygen atoms in total. The molecule has 5 heteroatoms. The summed E-state index contributed by atoms with van der Waals surface area (Å²) in [6, 6.07) is 3.91. The van der Waals surface area contributed by atoms with E-state index < -0.39 is 5.60 Å². The quantitative estimate of drug-likeness (QED) is 0.755. The van der Waals surface area contributed by atoms with Crippen LogP contribution < -0.4 is 10.6 Å². The number of nitrogens with one attached hydrogen (secondary N) is 2. The summed E-state index contributed by atoms with van der Waals surface area (Å²) >= 11 is 1.66. The highest BCUT2D eigenvalue weighted by Crippen LogP contribution is 2.30. The van der Waals surface area contributed by atoms with Crippen molar-refractivity contribution in [3.05, 3.63) is 22.4 Å². The molecule has 1 atom stereocenters. The zero-order valence-corrected chi connectivity index (χ0v) is 13.0. The lowest BCUT2D eigenvalue weighted by Gasteiger charge is -2.36. The summed E-state index contributed by atoms with van der Waals surface area (Å²) in [5, 5.41) is 17.8. The van der Waals surface area contributed by atoms with Crippen molar-refractivity contribution in [2.75, 3.05) is 6.54 Å². The molecule has 0 radical (unpaired) electrons. The molecule has 1 aromatic rings. The maximum Gasteiger partial charge on any atom is 0.315 e. The van der Waals surface area contributed by atoms with Gasteiger partial charge < -0.3 is 15.7 Å². The van der Waals surface area contributed by atoms with E-state index in [0.29, 0.717) is 12.5 Å². The zero-order chi connectivity index (χ0) is 14.6. The molecule has 1 aromatic heterocycles. The van der Waals surface area contributed by atoms with E-state index in [2.05, 4.69) is 30.5 Å². The Labute approximate surface area is 124 Å². The Morgan fingerprint density at radius 3 is 2.75 bits per heavy atom. The van der Waals surface area contributed by atoms with Gasteiger partial charge in [0, 0.05) is 11.4 Å². The third-order valence-electron chi connectivity index (χ3n) is 3.76. The third kappa shape index (κ3) is 4.21. The number of thiophene rings is 1. The highest BCUT2D eigenvalue weighted by molar-refractivity contribution is 7.10. The van der Waals surface area contributed by atoms with Crippen LogP contribution in [0.3, 0.4) is 0 Å². The molecule has 0 spiro atoms. The number of rotatable bonds is 6. The van der Waals surface area contributed by atoms with Crippen LogP contribution in [0.4, 0.5) is 4.79 Å². The van der Waals surface area contributed by atoms with Crippen molar-refractivity contribution in [3.8, 4) is 0 Å². The van der Waals surface area contributed by atoms with Gasteiger partial charge in [-0.1, -0.05) is 19.9 Å². The van der Waals surface area contributed by atoms with Gasteiger partial charge in [0.1, 0.15) is 0 Å². The molecule has 1 heterocycles. The topological polar surface area (TPSA) is 61.4 Å². The molecular formula is C15H24N2O2S. The molecule has 0 aliphatic heterocycles. The van der Waals surface area contributed by atoms with Gasteiger partial charge in [-0.15, -0.1) is 11.3 Å². The van der Waals surface area contributed by atoms with Gasteiger partial charge >= 0.3 is 6.03 Å². The first-order valence-corrected chi connectivity index (χ1v) is 8.17. The Morgan fingerprint density at radius 1 is 1.50 bits per heavy atom. The maximum absolute atomic E-state index is 12.0. The average Bonchev–Trinajstić information content (AvgIpc) is 2.86. The minimum absolute atomic E-state index is 0.0473. The smallest absolute Gasteiger partial charge is 0.315 e. The van der Waals surface area contributed by atoms with Gasteiger partial charge in [0.2, 0.25) is 0 Å². The van der Waals surface area contributed by atoms with Gasteiger partial charge in [0.15, 0.2) is 0 Å². The molecule has 112 valence electrons. The van der Waals surface area contributed by atoms with Crippen LogP contribution in [0.15, 0.2) is 17.5 Å². The van der Waals surface area contributed by atoms with E-state index in [1.807, 2.05) is 11.4 Å². The highest BCUT2D eigenvalue weighted by atomic mass is 32.1. The number of carbonyl (C=O) groups excluding carboxylic acids is 1. The van der Waals surface area contributed by atoms with Crippen LogP contribution in [0.25, 0.3) is 0 Å². The predicted octanol–water partition coefficient (Wildman–Crippen LogP) is 3.05. The van der Waals surface area contributed by atoms with Crippen LogP contribution in [0, 0.1) is 5.92 Å². The van der Waals surface area contributed by atoms with Crippen LogP contribution in [0.2, 0.25) is 0 Å². The molecule has 1 saturated carbocycles. The van der Waals surface area contributed by atoms with Gasteiger partial charge in [-0.2, -0.15) is 0 Å². The van der Waals surface area contributed by atoms with E-state index in [1.54, 1.807) is 11.3 Å². The molecule has 1 aliphatic rings. The van der Waals surface area contributed by atoms with E-state index in [9.17, 15) is 9.90 Å². The van der Waals surface area contributed by atoms with E-state index in [1.165, 1.54) is 4.88 Å². The van der Waals surface area contributed by atoms with Gasteiger partial charge in [-0.05, 0) is 43.0 Å². The number of carbonyl (C=O) groups is 1. The molecule has 1 aliphatic carbocycles. The molecule has 2 amide bonds. The Kier molecular flexibility index (Phi) is 5.05. The Morgan fingerprint density at radius 2 is 2.25 bits per heavy atom. The molecule has 0 bridgehead atoms. The van der Waals surface area contributed by atoms with Gasteiger partial charge in [0.05, 0.1) is 11.6 Å². The largest absolute Gasteiger partial charge is 0.388 e. The second kappa shape index (κ2) is 6.59. The maximum atomic E-state index is 12.0. The third-order valence-corrected chi connectivity index (χ3v) is 4.75. The second-order valence-electron chi connectivity index (χ2n) is 6.10. The van der Waals surface area contributed by atoms with Crippen molar-refractivity contribution in [1.29, 1.82) is 0 Å². The fraction of sp³-hybridized carbons (Fsp3) is 0.667. The first kappa shape index (κ1) is 15.3. The minimum atomic E-state index is -0.673. The lowest BCUT2D eigenvalue weighted by Crippen LogP contribution is -2.50. The summed E-state index contributed by atoms with van der Waals surface area (Å²) in [5.74, 6) is 0.512. The second-order valence-corrected chi connectivity index (χ2v) is 7.08. The molecule has 20 heavy (non-hydrogen) atoms. The summed E-state index contributed by atoms with van der Waals surface area (Å²) in [6.45, 7) is 4.65. The first-order valence-electron chi connectivity index (χ1n) is 7.29. The lowest BCUT2D eigenvalue weighted by atomic mass is 9.80. The van der Waals surface area contributed by atoms with E-state index in [0.717, 1.165) is 25.7 Å². The number of amides is 2. The summed E-state index contributed by atoms with van der Waals surface area (Å²) < 4.78 is 0. The zero-order valence-electron chi connectivity index (χ0n) is 12.2. The summed E-state index contributed by atoms with van der Waals surface area (Å²) in [5.41, 5.74) is -0.673. The average molecular weight is 296 g/mol. The lowest BCUT2D eigenvalue weighted by molar-refractivity contribution is -0.0290.